The van der Waals surface area contributed by atoms with E-state index in [2.05, 4.69) is 15.5 Å². The van der Waals surface area contributed by atoms with Crippen molar-refractivity contribution in [3.05, 3.63) is 59.7 Å². The SMILES string of the molecule is COc1ccc(CNC(=O)c2noc(-c3ccc(F)cc3)n2)cc1OC. The van der Waals surface area contributed by atoms with Gasteiger partial charge in [-0.3, -0.25) is 4.79 Å². The van der Waals surface area contributed by atoms with Gasteiger partial charge in [-0.05, 0) is 42.0 Å². The molecule has 1 N–H and O–H groups in total. The fraction of sp³-hybridized carbons (Fsp3) is 0.167. The van der Waals surface area contributed by atoms with Crippen LogP contribution in [-0.2, 0) is 6.54 Å². The third-order valence-electron chi connectivity index (χ3n) is 3.62. The average Bonchev–Trinajstić information content (AvgIpc) is 3.16. The molecule has 3 rings (SSSR count). The minimum atomic E-state index is -0.489. The number of hydrogen-bond donors (Lipinski definition) is 1. The number of amides is 1. The molecule has 1 amide bonds. The van der Waals surface area contributed by atoms with Gasteiger partial charge < -0.3 is 19.3 Å². The van der Waals surface area contributed by atoms with Crippen LogP contribution in [0.15, 0.2) is 47.0 Å². The smallest absolute Gasteiger partial charge is 0.292 e. The monoisotopic (exact) mass is 357 g/mol. The number of aromatic nitrogens is 2. The first-order chi connectivity index (χ1) is 12.6. The fourth-order valence-electron chi connectivity index (χ4n) is 2.28. The highest BCUT2D eigenvalue weighted by atomic mass is 19.1. The lowest BCUT2D eigenvalue weighted by Gasteiger charge is -2.09. The third-order valence-corrected chi connectivity index (χ3v) is 3.62. The second-order valence-electron chi connectivity index (χ2n) is 5.30. The van der Waals surface area contributed by atoms with Gasteiger partial charge in [0, 0.05) is 12.1 Å². The number of halogens is 1. The molecule has 0 atom stereocenters. The van der Waals surface area contributed by atoms with Gasteiger partial charge in [0.25, 0.3) is 17.6 Å². The lowest BCUT2D eigenvalue weighted by Crippen LogP contribution is -2.24. The molecule has 7 nitrogen and oxygen atoms in total. The first-order valence-corrected chi connectivity index (χ1v) is 7.69. The highest BCUT2D eigenvalue weighted by Crippen LogP contribution is 2.27. The van der Waals surface area contributed by atoms with E-state index >= 15 is 0 Å². The van der Waals surface area contributed by atoms with Gasteiger partial charge in [0.05, 0.1) is 14.2 Å². The Bertz CT molecular complexity index is 909. The standard InChI is InChI=1S/C18H16FN3O4/c1-24-14-8-3-11(9-15(14)25-2)10-20-17(23)16-21-18(26-22-16)12-4-6-13(19)7-5-12/h3-9H,10H2,1-2H3,(H,20,23). The van der Waals surface area contributed by atoms with Crippen molar-refractivity contribution in [3.8, 4) is 23.0 Å². The lowest BCUT2D eigenvalue weighted by molar-refractivity contribution is 0.0937. The maximum Gasteiger partial charge on any atom is 0.292 e. The summed E-state index contributed by atoms with van der Waals surface area (Å²) in [5, 5.41) is 6.35. The zero-order chi connectivity index (χ0) is 18.5. The Morgan fingerprint density at radius 2 is 1.85 bits per heavy atom. The van der Waals surface area contributed by atoms with E-state index < -0.39 is 5.91 Å². The topological polar surface area (TPSA) is 86.5 Å². The van der Waals surface area contributed by atoms with E-state index in [9.17, 15) is 9.18 Å². The molecule has 0 saturated carbocycles. The molecule has 0 unspecified atom stereocenters. The van der Waals surface area contributed by atoms with E-state index in [4.69, 9.17) is 14.0 Å². The fourth-order valence-corrected chi connectivity index (χ4v) is 2.28. The highest BCUT2D eigenvalue weighted by Gasteiger charge is 2.16. The molecule has 0 fully saturated rings. The van der Waals surface area contributed by atoms with Crippen molar-refractivity contribution in [2.24, 2.45) is 0 Å². The maximum atomic E-state index is 13.0. The van der Waals surface area contributed by atoms with Crippen LogP contribution in [0.25, 0.3) is 11.5 Å². The van der Waals surface area contributed by atoms with E-state index in [1.54, 1.807) is 19.2 Å². The number of carbonyl (C=O) groups is 1. The normalized spacial score (nSPS) is 10.4. The summed E-state index contributed by atoms with van der Waals surface area (Å²) in [5.41, 5.74) is 1.34. The molecule has 8 heteroatoms. The second-order valence-corrected chi connectivity index (χ2v) is 5.30. The molecule has 2 aromatic carbocycles. The van der Waals surface area contributed by atoms with Gasteiger partial charge in [-0.15, -0.1) is 0 Å². The summed E-state index contributed by atoms with van der Waals surface area (Å²) in [6.07, 6.45) is 0. The van der Waals surface area contributed by atoms with E-state index in [1.807, 2.05) is 6.07 Å². The van der Waals surface area contributed by atoms with Gasteiger partial charge in [0.1, 0.15) is 5.82 Å². The Morgan fingerprint density at radius 1 is 1.12 bits per heavy atom. The molecule has 0 spiro atoms. The van der Waals surface area contributed by atoms with Crippen molar-refractivity contribution >= 4 is 5.91 Å². The predicted octanol–water partition coefficient (Wildman–Crippen LogP) is 2.82. The molecule has 0 radical (unpaired) electrons. The molecular weight excluding hydrogens is 341 g/mol. The van der Waals surface area contributed by atoms with Gasteiger partial charge in [-0.25, -0.2) is 4.39 Å². The molecule has 0 aliphatic rings. The first-order valence-electron chi connectivity index (χ1n) is 7.69. The molecule has 0 aliphatic heterocycles. The first kappa shape index (κ1) is 17.4. The number of methoxy groups -OCH3 is 2. The van der Waals surface area contributed by atoms with Crippen molar-refractivity contribution in [1.29, 1.82) is 0 Å². The zero-order valence-corrected chi connectivity index (χ0v) is 14.2. The Labute approximate surface area is 148 Å². The Hall–Kier alpha value is -3.42. The number of carbonyl (C=O) groups excluding carboxylic acids is 1. The number of nitrogens with zero attached hydrogens (tertiary/aromatic N) is 2. The molecule has 0 aliphatic carbocycles. The molecule has 0 bridgehead atoms. The Kier molecular flexibility index (Phi) is 5.12. The van der Waals surface area contributed by atoms with Gasteiger partial charge in [-0.1, -0.05) is 11.2 Å². The van der Waals surface area contributed by atoms with Crippen molar-refractivity contribution < 1.29 is 23.2 Å². The predicted molar refractivity (Wildman–Crippen MR) is 90.4 cm³/mol. The van der Waals surface area contributed by atoms with Gasteiger partial charge in [0.15, 0.2) is 11.5 Å². The zero-order valence-electron chi connectivity index (χ0n) is 14.2. The van der Waals surface area contributed by atoms with E-state index in [0.29, 0.717) is 17.1 Å². The summed E-state index contributed by atoms with van der Waals surface area (Å²) in [6, 6.07) is 10.9. The van der Waals surface area contributed by atoms with Gasteiger partial charge >= 0.3 is 0 Å². The Balaban J connectivity index is 1.66. The van der Waals surface area contributed by atoms with Crippen LogP contribution in [0.4, 0.5) is 4.39 Å². The van der Waals surface area contributed by atoms with Gasteiger partial charge in [0.2, 0.25) is 0 Å². The summed E-state index contributed by atoms with van der Waals surface area (Å²) in [6.45, 7) is 0.250. The van der Waals surface area contributed by atoms with Crippen LogP contribution in [0.2, 0.25) is 0 Å². The van der Waals surface area contributed by atoms with Gasteiger partial charge in [-0.2, -0.15) is 4.98 Å². The minimum absolute atomic E-state index is 0.107. The third kappa shape index (κ3) is 3.80. The van der Waals surface area contributed by atoms with Crippen molar-refractivity contribution in [2.45, 2.75) is 6.54 Å². The van der Waals surface area contributed by atoms with Crippen LogP contribution in [0, 0.1) is 5.82 Å². The number of hydrogen-bond acceptors (Lipinski definition) is 6. The molecular formula is C18H16FN3O4. The summed E-state index contributed by atoms with van der Waals surface area (Å²) in [4.78, 5) is 16.2. The number of nitrogens with one attached hydrogen (secondary N) is 1. The van der Waals surface area contributed by atoms with Crippen LogP contribution < -0.4 is 14.8 Å². The minimum Gasteiger partial charge on any atom is -0.493 e. The molecule has 1 aromatic heterocycles. The van der Waals surface area contributed by atoms with Crippen LogP contribution in [0.5, 0.6) is 11.5 Å². The average molecular weight is 357 g/mol. The van der Waals surface area contributed by atoms with Crippen LogP contribution in [0.1, 0.15) is 16.2 Å². The lowest BCUT2D eigenvalue weighted by atomic mass is 10.2. The summed E-state index contributed by atoms with van der Waals surface area (Å²) in [7, 11) is 3.09. The van der Waals surface area contributed by atoms with Crippen molar-refractivity contribution in [1.82, 2.24) is 15.5 Å². The highest BCUT2D eigenvalue weighted by molar-refractivity contribution is 5.90. The molecule has 1 heterocycles. The van der Waals surface area contributed by atoms with E-state index in [0.717, 1.165) is 5.56 Å². The number of ether oxygens (including phenoxy) is 2. The Morgan fingerprint density at radius 3 is 2.54 bits per heavy atom. The maximum absolute atomic E-state index is 13.0. The van der Waals surface area contributed by atoms with Crippen LogP contribution in [-0.4, -0.2) is 30.3 Å². The molecule has 26 heavy (non-hydrogen) atoms. The van der Waals surface area contributed by atoms with E-state index in [1.165, 1.54) is 31.4 Å². The molecule has 134 valence electrons. The van der Waals surface area contributed by atoms with Crippen molar-refractivity contribution in [2.75, 3.05) is 14.2 Å². The second kappa shape index (κ2) is 7.64. The van der Waals surface area contributed by atoms with E-state index in [-0.39, 0.29) is 24.1 Å². The van der Waals surface area contributed by atoms with Crippen LogP contribution >= 0.6 is 0 Å². The largest absolute Gasteiger partial charge is 0.493 e. The molecule has 0 saturated heterocycles. The quantitative estimate of drug-likeness (QED) is 0.730. The molecule has 3 aromatic rings. The summed E-state index contributed by atoms with van der Waals surface area (Å²) < 4.78 is 28.4. The number of rotatable bonds is 6. The number of benzene rings is 2. The summed E-state index contributed by atoms with van der Waals surface area (Å²) >= 11 is 0. The van der Waals surface area contributed by atoms with Crippen LogP contribution in [0.3, 0.4) is 0 Å². The summed E-state index contributed by atoms with van der Waals surface area (Å²) in [5.74, 6) is 0.339. The van der Waals surface area contributed by atoms with Crippen molar-refractivity contribution in [3.63, 3.8) is 0 Å².